The number of para-hydroxylation sites is 1. The Balaban J connectivity index is 1.36. The molecule has 7 rings (SSSR count). The molecule has 3 aliphatic heterocycles. The topological polar surface area (TPSA) is 140 Å². The zero-order valence-electron chi connectivity index (χ0n) is 24.5. The molecule has 1 aromatic heterocycles. The lowest BCUT2D eigenvalue weighted by atomic mass is 9.72. The highest BCUT2D eigenvalue weighted by Crippen LogP contribution is 2.59. The molecule has 0 fully saturated rings. The zero-order valence-corrected chi connectivity index (χ0v) is 26.1. The fourth-order valence-corrected chi connectivity index (χ4v) is 7.08. The number of carboxylic acid groups (broad SMARTS) is 1. The lowest BCUT2D eigenvalue weighted by molar-refractivity contribution is -0.148. The van der Waals surface area contributed by atoms with Crippen LogP contribution in [-0.4, -0.2) is 34.2 Å². The van der Waals surface area contributed by atoms with E-state index >= 15 is 0 Å². The normalized spacial score (nSPS) is 22.7. The van der Waals surface area contributed by atoms with Crippen molar-refractivity contribution in [1.29, 1.82) is 0 Å². The van der Waals surface area contributed by atoms with Crippen LogP contribution in [0.15, 0.2) is 75.6 Å². The molecule has 230 valence electrons. The number of aromatic nitrogens is 1. The lowest BCUT2D eigenvalue weighted by Gasteiger charge is -2.28. The van der Waals surface area contributed by atoms with Crippen LogP contribution in [0.4, 0.5) is 5.69 Å². The van der Waals surface area contributed by atoms with E-state index in [-0.39, 0.29) is 48.6 Å². The largest absolute Gasteiger partial charge is 0.476 e. The third-order valence-electron chi connectivity index (χ3n) is 8.76. The van der Waals surface area contributed by atoms with Gasteiger partial charge in [0.1, 0.15) is 23.8 Å². The summed E-state index contributed by atoms with van der Waals surface area (Å²) < 4.78 is 19.3. The number of rotatable bonds is 6. The summed E-state index contributed by atoms with van der Waals surface area (Å²) in [5.41, 5.74) is 2.38. The van der Waals surface area contributed by atoms with E-state index in [1.165, 1.54) is 0 Å². The van der Waals surface area contributed by atoms with Gasteiger partial charge >= 0.3 is 11.9 Å². The lowest BCUT2D eigenvalue weighted by Crippen LogP contribution is -2.41. The molecule has 3 aliphatic rings. The number of carboxylic acids is 1. The summed E-state index contributed by atoms with van der Waals surface area (Å²) in [7, 11) is 0. The Hall–Kier alpha value is -4.64. The molecule has 4 heterocycles. The van der Waals surface area contributed by atoms with Crippen molar-refractivity contribution in [2.45, 2.75) is 51.0 Å². The number of anilines is 1. The molecule has 4 atom stereocenters. The van der Waals surface area contributed by atoms with Gasteiger partial charge < -0.3 is 29.6 Å². The number of halogens is 1. The molecule has 45 heavy (non-hydrogen) atoms. The Morgan fingerprint density at radius 3 is 2.64 bits per heavy atom. The molecule has 4 bridgehead atoms. The monoisotopic (exact) mass is 671 g/mol. The van der Waals surface area contributed by atoms with Gasteiger partial charge in [0.2, 0.25) is 11.8 Å². The molecule has 0 radical (unpaired) electrons. The number of fused-ring (bicyclic) bond motifs is 4. The second-order valence-electron chi connectivity index (χ2n) is 12.0. The van der Waals surface area contributed by atoms with Crippen LogP contribution in [0.1, 0.15) is 70.7 Å². The van der Waals surface area contributed by atoms with E-state index in [4.69, 9.17) is 13.9 Å². The first-order valence-corrected chi connectivity index (χ1v) is 15.6. The van der Waals surface area contributed by atoms with Crippen molar-refractivity contribution in [3.63, 3.8) is 0 Å². The maximum absolute atomic E-state index is 13.9. The number of amides is 1. The first-order valence-electron chi connectivity index (χ1n) is 14.8. The second-order valence-corrected chi connectivity index (χ2v) is 12.8. The van der Waals surface area contributed by atoms with Gasteiger partial charge in [0, 0.05) is 15.6 Å². The molecular weight excluding hydrogens is 642 g/mol. The molecule has 3 aromatic carbocycles. The van der Waals surface area contributed by atoms with Gasteiger partial charge in [-0.3, -0.25) is 9.59 Å². The van der Waals surface area contributed by atoms with E-state index in [2.05, 4.69) is 31.5 Å². The second kappa shape index (κ2) is 11.1. The molecule has 0 saturated carbocycles. The van der Waals surface area contributed by atoms with Gasteiger partial charge in [0.25, 0.3) is 0 Å². The molecule has 4 aromatic rings. The van der Waals surface area contributed by atoms with Gasteiger partial charge in [-0.25, -0.2) is 9.78 Å². The summed E-state index contributed by atoms with van der Waals surface area (Å²) >= 11 is 3.63. The number of carbonyl (C=O) groups excluding carboxylic acids is 2. The SMILES string of the molecule is CC(C)[C@@H]1NC(=O)C(CC(=O)OCc2ccccc2)Cc2ccc3c(c2)[C@@]2(c4cccc(Br)c4NC2O3)c2oc1nc2C(=O)O. The summed E-state index contributed by atoms with van der Waals surface area (Å²) in [6.45, 7) is 3.87. The van der Waals surface area contributed by atoms with Gasteiger partial charge in [-0.05, 0) is 51.5 Å². The maximum Gasteiger partial charge on any atom is 0.358 e. The molecular formula is C34H30BrN3O7. The maximum atomic E-state index is 13.9. The van der Waals surface area contributed by atoms with Crippen LogP contribution in [-0.2, 0) is 32.8 Å². The fourth-order valence-electron chi connectivity index (χ4n) is 6.60. The van der Waals surface area contributed by atoms with Crippen LogP contribution in [0.25, 0.3) is 0 Å². The van der Waals surface area contributed by atoms with E-state index < -0.39 is 35.5 Å². The third-order valence-corrected chi connectivity index (χ3v) is 9.43. The minimum absolute atomic E-state index is 0.0675. The average Bonchev–Trinajstić information content (AvgIpc) is 3.68. The minimum Gasteiger partial charge on any atom is -0.476 e. The number of hydrogen-bond acceptors (Lipinski definition) is 8. The highest BCUT2D eigenvalue weighted by atomic mass is 79.9. The molecule has 2 unspecified atom stereocenters. The average molecular weight is 673 g/mol. The van der Waals surface area contributed by atoms with Crippen LogP contribution >= 0.6 is 15.9 Å². The molecule has 11 heteroatoms. The first-order chi connectivity index (χ1) is 21.7. The third kappa shape index (κ3) is 4.77. The minimum atomic E-state index is -1.26. The number of oxazole rings is 1. The highest BCUT2D eigenvalue weighted by molar-refractivity contribution is 9.10. The molecule has 0 aliphatic carbocycles. The number of nitrogens with zero attached hydrogens (tertiary/aromatic N) is 1. The molecule has 1 spiro atoms. The number of aromatic carboxylic acids is 1. The summed E-state index contributed by atoms with van der Waals surface area (Å²) in [5.74, 6) is -2.41. The van der Waals surface area contributed by atoms with Gasteiger partial charge in [0.15, 0.2) is 17.7 Å². The zero-order chi connectivity index (χ0) is 31.5. The van der Waals surface area contributed by atoms with Crippen LogP contribution in [0, 0.1) is 11.8 Å². The summed E-state index contributed by atoms with van der Waals surface area (Å²) in [4.78, 5) is 44.2. The van der Waals surface area contributed by atoms with Crippen LogP contribution < -0.4 is 15.4 Å². The molecule has 10 nitrogen and oxygen atoms in total. The van der Waals surface area contributed by atoms with Crippen LogP contribution in [0.3, 0.4) is 0 Å². The van der Waals surface area contributed by atoms with Crippen molar-refractivity contribution in [3.8, 4) is 5.75 Å². The van der Waals surface area contributed by atoms with Crippen molar-refractivity contribution in [2.24, 2.45) is 11.8 Å². The van der Waals surface area contributed by atoms with Crippen molar-refractivity contribution in [2.75, 3.05) is 5.32 Å². The number of benzene rings is 3. The Labute approximate surface area is 267 Å². The van der Waals surface area contributed by atoms with Crippen molar-refractivity contribution in [1.82, 2.24) is 10.3 Å². The van der Waals surface area contributed by atoms with E-state index in [0.717, 1.165) is 26.9 Å². The summed E-state index contributed by atoms with van der Waals surface area (Å²) in [6, 6.07) is 19.9. The van der Waals surface area contributed by atoms with Gasteiger partial charge in [-0.2, -0.15) is 0 Å². The van der Waals surface area contributed by atoms with Crippen molar-refractivity contribution in [3.05, 3.63) is 111 Å². The highest BCUT2D eigenvalue weighted by Gasteiger charge is 2.61. The predicted molar refractivity (Wildman–Crippen MR) is 166 cm³/mol. The Bertz CT molecular complexity index is 1840. The van der Waals surface area contributed by atoms with E-state index in [0.29, 0.717) is 11.3 Å². The number of esters is 1. The first kappa shape index (κ1) is 29.1. The molecule has 0 saturated heterocycles. The fraction of sp³-hybridized carbons (Fsp3) is 0.294. The Morgan fingerprint density at radius 1 is 1.09 bits per heavy atom. The molecule has 3 N–H and O–H groups in total. The van der Waals surface area contributed by atoms with E-state index in [9.17, 15) is 19.5 Å². The Kier molecular flexibility index (Phi) is 7.15. The number of hydrogen-bond donors (Lipinski definition) is 3. The van der Waals surface area contributed by atoms with Gasteiger partial charge in [-0.15, -0.1) is 0 Å². The van der Waals surface area contributed by atoms with Crippen molar-refractivity contribution < 1.29 is 33.4 Å². The number of ether oxygens (including phenoxy) is 2. The number of carbonyl (C=O) groups is 3. The van der Waals surface area contributed by atoms with Crippen LogP contribution in [0.2, 0.25) is 0 Å². The Morgan fingerprint density at radius 2 is 1.89 bits per heavy atom. The summed E-state index contributed by atoms with van der Waals surface area (Å²) in [5, 5.41) is 16.9. The summed E-state index contributed by atoms with van der Waals surface area (Å²) in [6.07, 6.45) is -0.643. The van der Waals surface area contributed by atoms with E-state index in [1.807, 2.05) is 80.6 Å². The van der Waals surface area contributed by atoms with Crippen molar-refractivity contribution >= 4 is 39.5 Å². The van der Waals surface area contributed by atoms with Gasteiger partial charge in [0.05, 0.1) is 18.0 Å². The molecule has 1 amide bonds. The van der Waals surface area contributed by atoms with Gasteiger partial charge in [-0.1, -0.05) is 68.4 Å². The quantitative estimate of drug-likeness (QED) is 0.219. The predicted octanol–water partition coefficient (Wildman–Crippen LogP) is 5.73. The van der Waals surface area contributed by atoms with Crippen LogP contribution in [0.5, 0.6) is 5.75 Å². The van der Waals surface area contributed by atoms with E-state index in [1.54, 1.807) is 0 Å². The number of nitrogens with one attached hydrogen (secondary N) is 2. The smallest absolute Gasteiger partial charge is 0.358 e. The standard InChI is InChI=1S/C34H30BrN3O7/c1-17(2)26-31-37-28(32(41)42)29(45-31)34-21-9-6-10-23(35)27(21)38-33(34)44-24-12-11-19(14-22(24)34)13-20(30(40)36-26)15-25(39)43-16-18-7-4-3-5-8-18/h3-12,14,17,20,26,33,38H,13,15-16H2,1-2H3,(H,36,40)(H,41,42)/t20?,26-,33?,34-/m0/s1.